The first kappa shape index (κ1) is 16.1. The quantitative estimate of drug-likeness (QED) is 0.921. The molecular weight excluding hydrogens is 320 g/mol. The number of morpholine rings is 1. The van der Waals surface area contributed by atoms with E-state index in [1.165, 1.54) is 0 Å². The number of carbonyl (C=O) groups is 1. The molecule has 2 aromatic rings. The predicted octanol–water partition coefficient (Wildman–Crippen LogP) is 2.11. The molecule has 2 heterocycles. The maximum atomic E-state index is 13.0. The normalized spacial score (nSPS) is 17.9. The van der Waals surface area contributed by atoms with Crippen molar-refractivity contribution in [1.82, 2.24) is 4.57 Å². The zero-order valence-corrected chi connectivity index (χ0v) is 14.3. The van der Waals surface area contributed by atoms with Gasteiger partial charge in [-0.2, -0.15) is 0 Å². The molecule has 1 aliphatic carbocycles. The predicted molar refractivity (Wildman–Crippen MR) is 95.6 cm³/mol. The van der Waals surface area contributed by atoms with Gasteiger partial charge in [0, 0.05) is 35.8 Å². The number of pyridine rings is 1. The Kier molecular flexibility index (Phi) is 4.00. The molecule has 0 amide bonds. The van der Waals surface area contributed by atoms with Crippen LogP contribution in [0.4, 0.5) is 5.69 Å². The molecule has 2 fully saturated rings. The van der Waals surface area contributed by atoms with Crippen molar-refractivity contribution >= 4 is 22.6 Å². The molecule has 0 unspecified atom stereocenters. The number of carboxylic acid groups (broad SMARTS) is 1. The average molecular weight is 342 g/mol. The van der Waals surface area contributed by atoms with E-state index in [-0.39, 0.29) is 11.8 Å². The number of nitrogens with zero attached hydrogens (tertiary/aromatic N) is 2. The van der Waals surface area contributed by atoms with Crippen LogP contribution in [0.25, 0.3) is 10.9 Å². The number of hydrogen-bond donors (Lipinski definition) is 1. The van der Waals surface area contributed by atoms with Gasteiger partial charge in [-0.15, -0.1) is 0 Å². The third-order valence-electron chi connectivity index (χ3n) is 5.16. The highest BCUT2D eigenvalue weighted by Crippen LogP contribution is 2.41. The van der Waals surface area contributed by atoms with E-state index in [0.29, 0.717) is 30.2 Å². The summed E-state index contributed by atoms with van der Waals surface area (Å²) in [4.78, 5) is 26.5. The van der Waals surface area contributed by atoms with Crippen LogP contribution in [0.2, 0.25) is 0 Å². The Morgan fingerprint density at radius 1 is 1.28 bits per heavy atom. The fourth-order valence-electron chi connectivity index (χ4n) is 3.82. The first-order valence-electron chi connectivity index (χ1n) is 8.79. The second-order valence-corrected chi connectivity index (χ2v) is 6.84. The van der Waals surface area contributed by atoms with E-state index in [1.54, 1.807) is 0 Å². The maximum Gasteiger partial charge on any atom is 0.308 e. The van der Waals surface area contributed by atoms with E-state index >= 15 is 0 Å². The Morgan fingerprint density at radius 2 is 2.00 bits per heavy atom. The van der Waals surface area contributed by atoms with Gasteiger partial charge in [-0.1, -0.05) is 6.07 Å². The Hall–Kier alpha value is -2.34. The van der Waals surface area contributed by atoms with Crippen molar-refractivity contribution in [2.75, 3.05) is 31.2 Å². The summed E-state index contributed by atoms with van der Waals surface area (Å²) in [6.07, 6.45) is 1.92. The first-order chi connectivity index (χ1) is 12.1. The summed E-state index contributed by atoms with van der Waals surface area (Å²) < 4.78 is 7.67. The van der Waals surface area contributed by atoms with Gasteiger partial charge in [-0.25, -0.2) is 0 Å². The molecular formula is C19H22N2O4. The lowest BCUT2D eigenvalue weighted by atomic mass is 10.0. The minimum Gasteiger partial charge on any atom is -0.481 e. The second-order valence-electron chi connectivity index (χ2n) is 6.84. The van der Waals surface area contributed by atoms with Gasteiger partial charge in [-0.3, -0.25) is 9.59 Å². The molecule has 1 aliphatic heterocycles. The number of rotatable bonds is 4. The van der Waals surface area contributed by atoms with Crippen LogP contribution in [0, 0.1) is 6.92 Å². The number of aliphatic carboxylic acids is 1. The minimum absolute atomic E-state index is 0.151. The summed E-state index contributed by atoms with van der Waals surface area (Å²) in [5.41, 5.74) is 3.05. The van der Waals surface area contributed by atoms with Gasteiger partial charge in [-0.05, 0) is 31.9 Å². The molecule has 25 heavy (non-hydrogen) atoms. The molecule has 0 atom stereocenters. The molecule has 6 heteroatoms. The van der Waals surface area contributed by atoms with Crippen molar-refractivity contribution < 1.29 is 14.6 Å². The summed E-state index contributed by atoms with van der Waals surface area (Å²) in [6, 6.07) is 6.14. The Bertz CT molecular complexity index is 892. The summed E-state index contributed by atoms with van der Waals surface area (Å²) in [5, 5.41) is 9.84. The van der Waals surface area contributed by atoms with E-state index in [9.17, 15) is 14.7 Å². The van der Waals surface area contributed by atoms with Crippen molar-refractivity contribution in [3.8, 4) is 0 Å². The lowest BCUT2D eigenvalue weighted by Crippen LogP contribution is -2.37. The fourth-order valence-corrected chi connectivity index (χ4v) is 3.82. The average Bonchev–Trinajstić information content (AvgIpc) is 3.44. The molecule has 1 N–H and O–H groups in total. The third-order valence-corrected chi connectivity index (χ3v) is 5.16. The van der Waals surface area contributed by atoms with Crippen LogP contribution in [0.3, 0.4) is 0 Å². The maximum absolute atomic E-state index is 13.0. The second kappa shape index (κ2) is 6.19. The van der Waals surface area contributed by atoms with Crippen LogP contribution in [0.5, 0.6) is 0 Å². The minimum atomic E-state index is -0.966. The number of para-hydroxylation sites is 1. The SMILES string of the molecule is Cc1c(CC(=O)O)c(=O)c2cccc(N3CCOCC3)c2n1C1CC1. The molecule has 1 aromatic heterocycles. The van der Waals surface area contributed by atoms with Gasteiger partial charge in [0.25, 0.3) is 0 Å². The number of fused-ring (bicyclic) bond motifs is 1. The largest absolute Gasteiger partial charge is 0.481 e. The molecule has 2 aliphatic rings. The lowest BCUT2D eigenvalue weighted by Gasteiger charge is -2.31. The van der Waals surface area contributed by atoms with Gasteiger partial charge in [0.1, 0.15) is 0 Å². The molecule has 132 valence electrons. The highest BCUT2D eigenvalue weighted by Gasteiger charge is 2.30. The topological polar surface area (TPSA) is 71.8 Å². The van der Waals surface area contributed by atoms with Gasteiger partial charge in [0.15, 0.2) is 5.43 Å². The molecule has 6 nitrogen and oxygen atoms in total. The Labute approximate surface area is 145 Å². The standard InChI is InChI=1S/C19H22N2O4/c1-12-15(11-17(22)23)19(24)14-3-2-4-16(20-7-9-25-10-8-20)18(14)21(12)13-5-6-13/h2-4,13H,5-11H2,1H3,(H,22,23). The van der Waals surface area contributed by atoms with E-state index < -0.39 is 5.97 Å². The number of carboxylic acids is 1. The van der Waals surface area contributed by atoms with Gasteiger partial charge >= 0.3 is 5.97 Å². The summed E-state index contributed by atoms with van der Waals surface area (Å²) in [7, 11) is 0. The number of anilines is 1. The zero-order valence-electron chi connectivity index (χ0n) is 14.3. The summed E-state index contributed by atoms with van der Waals surface area (Å²) in [5.74, 6) is -0.966. The van der Waals surface area contributed by atoms with Crippen LogP contribution < -0.4 is 10.3 Å². The number of ether oxygens (including phenoxy) is 1. The van der Waals surface area contributed by atoms with E-state index in [2.05, 4.69) is 15.5 Å². The molecule has 0 spiro atoms. The molecule has 1 saturated carbocycles. The Balaban J connectivity index is 2.00. The van der Waals surface area contributed by atoms with Crippen molar-refractivity contribution in [2.45, 2.75) is 32.2 Å². The highest BCUT2D eigenvalue weighted by atomic mass is 16.5. The number of aromatic nitrogens is 1. The number of hydrogen-bond acceptors (Lipinski definition) is 4. The van der Waals surface area contributed by atoms with Crippen LogP contribution in [-0.4, -0.2) is 41.9 Å². The fraction of sp³-hybridized carbons (Fsp3) is 0.474. The molecule has 1 aromatic carbocycles. The van der Waals surface area contributed by atoms with E-state index in [4.69, 9.17) is 4.74 Å². The van der Waals surface area contributed by atoms with Crippen LogP contribution in [0.1, 0.15) is 30.1 Å². The molecule has 0 radical (unpaired) electrons. The molecule has 4 rings (SSSR count). The van der Waals surface area contributed by atoms with Crippen molar-refractivity contribution in [3.63, 3.8) is 0 Å². The molecule has 0 bridgehead atoms. The monoisotopic (exact) mass is 342 g/mol. The molecule has 1 saturated heterocycles. The zero-order chi connectivity index (χ0) is 17.6. The van der Waals surface area contributed by atoms with Crippen molar-refractivity contribution in [3.05, 3.63) is 39.7 Å². The smallest absolute Gasteiger partial charge is 0.308 e. The highest BCUT2D eigenvalue weighted by molar-refractivity contribution is 5.93. The van der Waals surface area contributed by atoms with Crippen LogP contribution >= 0.6 is 0 Å². The van der Waals surface area contributed by atoms with Crippen LogP contribution in [0.15, 0.2) is 23.0 Å². The van der Waals surface area contributed by atoms with E-state index in [1.807, 2.05) is 19.1 Å². The third kappa shape index (κ3) is 2.80. The van der Waals surface area contributed by atoms with Crippen molar-refractivity contribution in [1.29, 1.82) is 0 Å². The van der Waals surface area contributed by atoms with Crippen molar-refractivity contribution in [2.24, 2.45) is 0 Å². The lowest BCUT2D eigenvalue weighted by molar-refractivity contribution is -0.136. The van der Waals surface area contributed by atoms with Gasteiger partial charge < -0.3 is 19.3 Å². The first-order valence-corrected chi connectivity index (χ1v) is 8.79. The van der Waals surface area contributed by atoms with E-state index in [0.717, 1.165) is 42.8 Å². The summed E-state index contributed by atoms with van der Waals surface area (Å²) >= 11 is 0. The Morgan fingerprint density at radius 3 is 2.64 bits per heavy atom. The summed E-state index contributed by atoms with van der Waals surface area (Å²) in [6.45, 7) is 4.84. The number of benzene rings is 1. The van der Waals surface area contributed by atoms with Gasteiger partial charge in [0.05, 0.1) is 30.8 Å². The van der Waals surface area contributed by atoms with Gasteiger partial charge in [0.2, 0.25) is 0 Å². The van der Waals surface area contributed by atoms with Crippen LogP contribution in [-0.2, 0) is 16.0 Å².